The molecule has 6 nitrogen and oxygen atoms in total. The van der Waals surface area contributed by atoms with Crippen molar-refractivity contribution in [1.82, 2.24) is 0 Å². The van der Waals surface area contributed by atoms with Gasteiger partial charge in [0.1, 0.15) is 6.04 Å². The van der Waals surface area contributed by atoms with Crippen LogP contribution in [-0.2, 0) is 9.59 Å². The van der Waals surface area contributed by atoms with Gasteiger partial charge in [-0.1, -0.05) is 0 Å². The Balaban J connectivity index is 0. The summed E-state index contributed by atoms with van der Waals surface area (Å²) in [6.45, 7) is 1.08. The molecule has 1 unspecified atom stereocenters. The Morgan fingerprint density at radius 1 is 1.45 bits per heavy atom. The van der Waals surface area contributed by atoms with Crippen LogP contribution in [0.3, 0.4) is 0 Å². The Morgan fingerprint density at radius 3 is 1.73 bits per heavy atom. The number of carboxylic acid groups (broad SMARTS) is 2. The molecule has 0 aliphatic carbocycles. The summed E-state index contributed by atoms with van der Waals surface area (Å²) in [5, 5.41) is 15.4. The third kappa shape index (κ3) is 17.7. The number of aliphatic carboxylic acids is 2. The molecule has 66 valence electrons. The second-order valence-electron chi connectivity index (χ2n) is 1.70. The van der Waals surface area contributed by atoms with Gasteiger partial charge in [-0.3, -0.25) is 9.59 Å². The first-order chi connectivity index (χ1) is 4.91. The Labute approximate surface area is 63.8 Å². The van der Waals surface area contributed by atoms with Crippen LogP contribution < -0.4 is 11.5 Å². The monoisotopic (exact) mass is 164 g/mol. The minimum absolute atomic E-state index is 0.00463. The van der Waals surface area contributed by atoms with Crippen molar-refractivity contribution in [3.63, 3.8) is 0 Å². The van der Waals surface area contributed by atoms with Crippen LogP contribution in [0.1, 0.15) is 6.92 Å². The number of carboxylic acids is 2. The van der Waals surface area contributed by atoms with Crippen molar-refractivity contribution in [3.8, 4) is 0 Å². The first kappa shape index (κ1) is 12.5. The molecule has 0 saturated carbocycles. The van der Waals surface area contributed by atoms with E-state index in [0.29, 0.717) is 0 Å². The summed E-state index contributed by atoms with van der Waals surface area (Å²) in [6.07, 6.45) is 0. The van der Waals surface area contributed by atoms with Crippen LogP contribution in [0.4, 0.5) is 0 Å². The highest BCUT2D eigenvalue weighted by atomic mass is 16.4. The molecule has 6 N–H and O–H groups in total. The van der Waals surface area contributed by atoms with Gasteiger partial charge in [0, 0.05) is 13.5 Å². The van der Waals surface area contributed by atoms with Crippen LogP contribution in [0.5, 0.6) is 0 Å². The Morgan fingerprint density at radius 2 is 1.73 bits per heavy atom. The molecule has 0 fully saturated rings. The van der Waals surface area contributed by atoms with Crippen molar-refractivity contribution >= 4 is 11.9 Å². The maximum atomic E-state index is 9.73. The first-order valence-electron chi connectivity index (χ1n) is 2.79. The summed E-state index contributed by atoms with van der Waals surface area (Å²) in [4.78, 5) is 18.7. The molecule has 0 aliphatic rings. The van der Waals surface area contributed by atoms with Crippen LogP contribution in [-0.4, -0.2) is 34.7 Å². The predicted molar refractivity (Wildman–Crippen MR) is 38.0 cm³/mol. The topological polar surface area (TPSA) is 127 Å². The Hall–Kier alpha value is -1.14. The van der Waals surface area contributed by atoms with E-state index in [1.165, 1.54) is 0 Å². The molecule has 11 heavy (non-hydrogen) atoms. The van der Waals surface area contributed by atoms with Crippen LogP contribution in [0, 0.1) is 0 Å². The molecule has 0 aromatic carbocycles. The fourth-order valence-electron chi connectivity index (χ4n) is 0.101. The van der Waals surface area contributed by atoms with Gasteiger partial charge >= 0.3 is 5.97 Å². The fraction of sp³-hybridized carbons (Fsp3) is 0.600. The van der Waals surface area contributed by atoms with E-state index in [2.05, 4.69) is 0 Å². The molecule has 0 rings (SSSR count). The maximum Gasteiger partial charge on any atom is 0.321 e. The van der Waals surface area contributed by atoms with Gasteiger partial charge in [0.15, 0.2) is 0 Å². The highest BCUT2D eigenvalue weighted by Gasteiger charge is 2.05. The van der Waals surface area contributed by atoms with Crippen LogP contribution >= 0.6 is 0 Å². The van der Waals surface area contributed by atoms with Gasteiger partial charge in [0.05, 0.1) is 0 Å². The largest absolute Gasteiger partial charge is 0.481 e. The number of hydrogen-bond donors (Lipinski definition) is 4. The predicted octanol–water partition coefficient (Wildman–Crippen LogP) is -1.55. The zero-order valence-corrected chi connectivity index (χ0v) is 6.15. The van der Waals surface area contributed by atoms with E-state index in [1.807, 2.05) is 0 Å². The van der Waals surface area contributed by atoms with Crippen molar-refractivity contribution in [2.45, 2.75) is 13.0 Å². The van der Waals surface area contributed by atoms with E-state index in [9.17, 15) is 4.79 Å². The summed E-state index contributed by atoms with van der Waals surface area (Å²) >= 11 is 0. The lowest BCUT2D eigenvalue weighted by Crippen LogP contribution is -2.37. The minimum atomic E-state index is -1.05. The average molecular weight is 164 g/mol. The van der Waals surface area contributed by atoms with E-state index >= 15 is 0 Å². The molecular formula is C5H12N2O4. The fourth-order valence-corrected chi connectivity index (χ4v) is 0.101. The molecule has 0 spiro atoms. The van der Waals surface area contributed by atoms with E-state index in [1.54, 1.807) is 0 Å². The molecule has 0 aromatic rings. The molecule has 1 atom stereocenters. The van der Waals surface area contributed by atoms with Crippen molar-refractivity contribution in [3.05, 3.63) is 0 Å². The molecule has 0 amide bonds. The summed E-state index contributed by atoms with van der Waals surface area (Å²) in [5.74, 6) is -1.89. The normalized spacial score (nSPS) is 10.8. The lowest BCUT2D eigenvalue weighted by Gasteiger charge is -1.97. The summed E-state index contributed by atoms with van der Waals surface area (Å²) in [6, 6.07) is -0.903. The van der Waals surface area contributed by atoms with E-state index in [0.717, 1.165) is 6.92 Å². The van der Waals surface area contributed by atoms with Gasteiger partial charge in [-0.05, 0) is 0 Å². The molecule has 0 radical (unpaired) electrons. The molecule has 6 heteroatoms. The average Bonchev–Trinajstić information content (AvgIpc) is 1.85. The smallest absolute Gasteiger partial charge is 0.321 e. The first-order valence-corrected chi connectivity index (χ1v) is 2.79. The zero-order chi connectivity index (χ0) is 9.44. The quantitative estimate of drug-likeness (QED) is 0.391. The van der Waals surface area contributed by atoms with Gasteiger partial charge in [-0.2, -0.15) is 0 Å². The highest BCUT2D eigenvalue weighted by Crippen LogP contribution is 1.68. The lowest BCUT2D eigenvalue weighted by atomic mass is 10.3. The molecule has 0 saturated heterocycles. The Bertz CT molecular complexity index is 132. The second kappa shape index (κ2) is 6.97. The van der Waals surface area contributed by atoms with E-state index in [4.69, 9.17) is 26.5 Å². The molecule has 0 heterocycles. The molecule has 0 aromatic heterocycles. The molecule has 0 bridgehead atoms. The Kier molecular flexibility index (Phi) is 7.94. The van der Waals surface area contributed by atoms with Gasteiger partial charge in [-0.25, -0.2) is 0 Å². The third-order valence-electron chi connectivity index (χ3n) is 0.571. The van der Waals surface area contributed by atoms with Crippen molar-refractivity contribution in [2.24, 2.45) is 11.5 Å². The van der Waals surface area contributed by atoms with Crippen LogP contribution in [0.15, 0.2) is 0 Å². The molecular weight excluding hydrogens is 152 g/mol. The standard InChI is InChI=1S/C3H8N2O2.C2H4O2/c4-1-2(5)3(6)7;1-2(3)4/h2H,1,4-5H2,(H,6,7);1H3,(H,3,4). The van der Waals surface area contributed by atoms with E-state index in [-0.39, 0.29) is 6.54 Å². The van der Waals surface area contributed by atoms with Gasteiger partial charge in [0.25, 0.3) is 5.97 Å². The summed E-state index contributed by atoms with van der Waals surface area (Å²) in [5.41, 5.74) is 9.76. The van der Waals surface area contributed by atoms with Crippen LogP contribution in [0.25, 0.3) is 0 Å². The van der Waals surface area contributed by atoms with Crippen molar-refractivity contribution in [1.29, 1.82) is 0 Å². The zero-order valence-electron chi connectivity index (χ0n) is 6.15. The third-order valence-corrected chi connectivity index (χ3v) is 0.571. The maximum absolute atomic E-state index is 9.73. The number of hydrogen-bond acceptors (Lipinski definition) is 4. The van der Waals surface area contributed by atoms with Gasteiger partial charge in [0.2, 0.25) is 0 Å². The summed E-state index contributed by atoms with van der Waals surface area (Å²) in [7, 11) is 0. The SMILES string of the molecule is CC(=O)O.NCC(N)C(=O)O. The van der Waals surface area contributed by atoms with E-state index < -0.39 is 18.0 Å². The highest BCUT2D eigenvalue weighted by molar-refractivity contribution is 5.73. The van der Waals surface area contributed by atoms with Crippen LogP contribution in [0.2, 0.25) is 0 Å². The van der Waals surface area contributed by atoms with Crippen molar-refractivity contribution in [2.75, 3.05) is 6.54 Å². The minimum Gasteiger partial charge on any atom is -0.481 e. The molecule has 0 aliphatic heterocycles. The van der Waals surface area contributed by atoms with Gasteiger partial charge < -0.3 is 21.7 Å². The number of rotatable bonds is 2. The van der Waals surface area contributed by atoms with Gasteiger partial charge in [-0.15, -0.1) is 0 Å². The number of nitrogens with two attached hydrogens (primary N) is 2. The summed E-state index contributed by atoms with van der Waals surface area (Å²) < 4.78 is 0. The number of carbonyl (C=O) groups is 2. The van der Waals surface area contributed by atoms with Crippen molar-refractivity contribution < 1.29 is 19.8 Å². The lowest BCUT2D eigenvalue weighted by molar-refractivity contribution is -0.138. The second-order valence-corrected chi connectivity index (χ2v) is 1.70.